The van der Waals surface area contributed by atoms with Crippen molar-refractivity contribution in [3.05, 3.63) is 35.9 Å². The Morgan fingerprint density at radius 2 is 1.84 bits per heavy atom. The lowest BCUT2D eigenvalue weighted by atomic mass is 9.81. The van der Waals surface area contributed by atoms with Gasteiger partial charge in [0.2, 0.25) is 0 Å². The van der Waals surface area contributed by atoms with Crippen LogP contribution in [0, 0.1) is 5.92 Å². The largest absolute Gasteiger partial charge is 0.393 e. The SMILES string of the molecule is CC1(C)CC(C(O)CCc2ccccc2)C(C)(C)O1. The molecule has 2 unspecified atom stereocenters. The Kier molecular flexibility index (Phi) is 4.03. The standard InChI is InChI=1S/C17H26O2/c1-16(2)12-14(17(3,4)19-16)15(18)11-10-13-8-6-5-7-9-13/h5-9,14-15,18H,10-12H2,1-4H3. The fourth-order valence-corrected chi connectivity index (χ4v) is 3.36. The first kappa shape index (κ1) is 14.5. The van der Waals surface area contributed by atoms with Gasteiger partial charge >= 0.3 is 0 Å². The Hall–Kier alpha value is -0.860. The van der Waals surface area contributed by atoms with Gasteiger partial charge in [-0.1, -0.05) is 30.3 Å². The summed E-state index contributed by atoms with van der Waals surface area (Å²) in [6.45, 7) is 8.41. The van der Waals surface area contributed by atoms with Gasteiger partial charge in [0, 0.05) is 5.92 Å². The lowest BCUT2D eigenvalue weighted by molar-refractivity contribution is -0.0880. The van der Waals surface area contributed by atoms with E-state index in [-0.39, 0.29) is 23.2 Å². The molecule has 1 fully saturated rings. The number of hydrogen-bond acceptors (Lipinski definition) is 2. The topological polar surface area (TPSA) is 29.5 Å². The maximum Gasteiger partial charge on any atom is 0.0687 e. The Balaban J connectivity index is 1.95. The first-order valence-electron chi connectivity index (χ1n) is 7.22. The van der Waals surface area contributed by atoms with Crippen LogP contribution in [0.3, 0.4) is 0 Å². The summed E-state index contributed by atoms with van der Waals surface area (Å²) in [5, 5.41) is 10.5. The van der Waals surface area contributed by atoms with Crippen LogP contribution >= 0.6 is 0 Å². The molecule has 2 atom stereocenters. The van der Waals surface area contributed by atoms with E-state index in [0.29, 0.717) is 0 Å². The molecule has 1 saturated heterocycles. The van der Waals surface area contributed by atoms with Crippen molar-refractivity contribution in [2.45, 2.75) is 64.3 Å². The van der Waals surface area contributed by atoms with Gasteiger partial charge < -0.3 is 9.84 Å². The number of ether oxygens (including phenoxy) is 1. The highest BCUT2D eigenvalue weighted by molar-refractivity contribution is 5.15. The van der Waals surface area contributed by atoms with Gasteiger partial charge in [-0.3, -0.25) is 0 Å². The molecule has 1 heterocycles. The average molecular weight is 262 g/mol. The lowest BCUT2D eigenvalue weighted by Crippen LogP contribution is -2.36. The van der Waals surface area contributed by atoms with Crippen molar-refractivity contribution >= 4 is 0 Å². The van der Waals surface area contributed by atoms with Crippen molar-refractivity contribution in [2.75, 3.05) is 0 Å². The van der Waals surface area contributed by atoms with E-state index in [2.05, 4.69) is 39.8 Å². The molecule has 19 heavy (non-hydrogen) atoms. The summed E-state index contributed by atoms with van der Waals surface area (Å²) in [7, 11) is 0. The molecule has 0 saturated carbocycles. The minimum absolute atomic E-state index is 0.123. The van der Waals surface area contributed by atoms with Crippen LogP contribution in [0.2, 0.25) is 0 Å². The second-order valence-corrected chi connectivity index (χ2v) is 6.87. The summed E-state index contributed by atoms with van der Waals surface area (Å²) >= 11 is 0. The van der Waals surface area contributed by atoms with Crippen molar-refractivity contribution in [2.24, 2.45) is 5.92 Å². The Morgan fingerprint density at radius 1 is 1.21 bits per heavy atom. The normalized spacial score (nSPS) is 26.3. The molecule has 1 aliphatic heterocycles. The quantitative estimate of drug-likeness (QED) is 0.899. The van der Waals surface area contributed by atoms with Crippen molar-refractivity contribution < 1.29 is 9.84 Å². The molecule has 0 bridgehead atoms. The van der Waals surface area contributed by atoms with Gasteiger partial charge in [0.15, 0.2) is 0 Å². The highest BCUT2D eigenvalue weighted by Gasteiger charge is 2.48. The molecule has 1 aromatic rings. The minimum Gasteiger partial charge on any atom is -0.393 e. The number of hydrogen-bond donors (Lipinski definition) is 1. The van der Waals surface area contributed by atoms with E-state index in [4.69, 9.17) is 4.74 Å². The molecule has 0 aromatic heterocycles. The van der Waals surface area contributed by atoms with Crippen molar-refractivity contribution in [3.63, 3.8) is 0 Å². The summed E-state index contributed by atoms with van der Waals surface area (Å²) in [4.78, 5) is 0. The molecule has 2 heteroatoms. The monoisotopic (exact) mass is 262 g/mol. The van der Waals surface area contributed by atoms with E-state index in [1.807, 2.05) is 18.2 Å². The zero-order chi connectivity index (χ0) is 14.1. The number of benzene rings is 1. The first-order valence-corrected chi connectivity index (χ1v) is 7.22. The Morgan fingerprint density at radius 3 is 2.37 bits per heavy atom. The predicted molar refractivity (Wildman–Crippen MR) is 78.1 cm³/mol. The molecule has 0 aliphatic carbocycles. The van der Waals surface area contributed by atoms with Crippen LogP contribution in [0.25, 0.3) is 0 Å². The summed E-state index contributed by atoms with van der Waals surface area (Å²) in [5.41, 5.74) is 0.930. The minimum atomic E-state index is -0.294. The summed E-state index contributed by atoms with van der Waals surface area (Å²) in [5.74, 6) is 0.214. The van der Waals surface area contributed by atoms with Gasteiger partial charge in [-0.25, -0.2) is 0 Å². The van der Waals surface area contributed by atoms with E-state index in [1.165, 1.54) is 5.56 Å². The first-order chi connectivity index (χ1) is 8.80. The second kappa shape index (κ2) is 5.26. The van der Waals surface area contributed by atoms with E-state index in [9.17, 15) is 5.11 Å². The summed E-state index contributed by atoms with van der Waals surface area (Å²) in [6.07, 6.45) is 2.36. The highest BCUT2D eigenvalue weighted by Crippen LogP contribution is 2.44. The number of aliphatic hydroxyl groups is 1. The van der Waals surface area contributed by atoms with Crippen LogP contribution in [0.5, 0.6) is 0 Å². The van der Waals surface area contributed by atoms with E-state index in [0.717, 1.165) is 19.3 Å². The average Bonchev–Trinajstić information content (AvgIpc) is 2.56. The molecule has 0 spiro atoms. The molecule has 1 aliphatic rings. The molecule has 1 N–H and O–H groups in total. The van der Waals surface area contributed by atoms with E-state index >= 15 is 0 Å². The third-order valence-corrected chi connectivity index (χ3v) is 4.18. The third kappa shape index (κ3) is 3.58. The van der Waals surface area contributed by atoms with Crippen LogP contribution in [0.15, 0.2) is 30.3 Å². The molecule has 0 radical (unpaired) electrons. The maximum absolute atomic E-state index is 10.5. The van der Waals surface area contributed by atoms with Gasteiger partial charge in [-0.05, 0) is 52.5 Å². The van der Waals surface area contributed by atoms with Crippen molar-refractivity contribution in [1.29, 1.82) is 0 Å². The lowest BCUT2D eigenvalue weighted by Gasteiger charge is -2.30. The zero-order valence-electron chi connectivity index (χ0n) is 12.5. The molecule has 1 aromatic carbocycles. The molecule has 2 nitrogen and oxygen atoms in total. The van der Waals surface area contributed by atoms with E-state index in [1.54, 1.807) is 0 Å². The van der Waals surface area contributed by atoms with Crippen molar-refractivity contribution in [3.8, 4) is 0 Å². The van der Waals surface area contributed by atoms with Crippen molar-refractivity contribution in [1.82, 2.24) is 0 Å². The number of rotatable bonds is 4. The van der Waals surface area contributed by atoms with E-state index < -0.39 is 0 Å². The van der Waals surface area contributed by atoms with Gasteiger partial charge in [0.1, 0.15) is 0 Å². The summed E-state index contributed by atoms with van der Waals surface area (Å²) < 4.78 is 6.06. The fourth-order valence-electron chi connectivity index (χ4n) is 3.36. The van der Waals surface area contributed by atoms with Gasteiger partial charge in [0.25, 0.3) is 0 Å². The third-order valence-electron chi connectivity index (χ3n) is 4.18. The smallest absolute Gasteiger partial charge is 0.0687 e. The van der Waals surface area contributed by atoms with Crippen LogP contribution < -0.4 is 0 Å². The molecular formula is C17H26O2. The van der Waals surface area contributed by atoms with Gasteiger partial charge in [0.05, 0.1) is 17.3 Å². The zero-order valence-corrected chi connectivity index (χ0v) is 12.5. The number of aryl methyl sites for hydroxylation is 1. The fraction of sp³-hybridized carbons (Fsp3) is 0.647. The molecular weight excluding hydrogens is 236 g/mol. The summed E-state index contributed by atoms with van der Waals surface area (Å²) in [6, 6.07) is 10.4. The van der Waals surface area contributed by atoms with Gasteiger partial charge in [-0.2, -0.15) is 0 Å². The predicted octanol–water partition coefficient (Wildman–Crippen LogP) is 3.57. The maximum atomic E-state index is 10.5. The van der Waals surface area contributed by atoms with Crippen LogP contribution in [0.1, 0.15) is 46.1 Å². The molecule has 106 valence electrons. The highest BCUT2D eigenvalue weighted by atomic mass is 16.5. The molecule has 0 amide bonds. The Labute approximate surface area is 116 Å². The van der Waals surface area contributed by atoms with Crippen LogP contribution in [-0.4, -0.2) is 22.4 Å². The van der Waals surface area contributed by atoms with Crippen LogP contribution in [-0.2, 0) is 11.2 Å². The van der Waals surface area contributed by atoms with Gasteiger partial charge in [-0.15, -0.1) is 0 Å². The number of aliphatic hydroxyl groups excluding tert-OH is 1. The second-order valence-electron chi connectivity index (χ2n) is 6.87. The molecule has 2 rings (SSSR count). The van der Waals surface area contributed by atoms with Crippen LogP contribution in [0.4, 0.5) is 0 Å². The Bertz CT molecular complexity index is 409.